The number of amides is 1. The van der Waals surface area contributed by atoms with Crippen molar-refractivity contribution in [2.24, 2.45) is 0 Å². The molecule has 2 aromatic rings. The van der Waals surface area contributed by atoms with Gasteiger partial charge in [-0.15, -0.1) is 0 Å². The van der Waals surface area contributed by atoms with Crippen LogP contribution in [-0.2, 0) is 24.1 Å². The number of benzene rings is 1. The van der Waals surface area contributed by atoms with Gasteiger partial charge in [-0.05, 0) is 55.9 Å². The Balaban J connectivity index is 1.81. The van der Waals surface area contributed by atoms with Crippen molar-refractivity contribution in [2.45, 2.75) is 39.2 Å². The molecule has 1 heterocycles. The van der Waals surface area contributed by atoms with Crippen molar-refractivity contribution in [3.8, 4) is 0 Å². The molecule has 0 unspecified atom stereocenters. The largest absolute Gasteiger partial charge is 0.450 e. The van der Waals surface area contributed by atoms with Crippen molar-refractivity contribution in [3.63, 3.8) is 0 Å². The Hall–Kier alpha value is -1.97. The molecule has 1 amide bonds. The second kappa shape index (κ2) is 5.57. The van der Waals surface area contributed by atoms with Gasteiger partial charge in [0.05, 0.1) is 6.61 Å². The van der Waals surface area contributed by atoms with Crippen molar-refractivity contribution in [2.75, 3.05) is 6.61 Å². The lowest BCUT2D eigenvalue weighted by Crippen LogP contribution is -2.23. The van der Waals surface area contributed by atoms with E-state index in [1.165, 1.54) is 35.0 Å². The van der Waals surface area contributed by atoms with Crippen LogP contribution in [0.2, 0.25) is 0 Å². The third kappa shape index (κ3) is 2.50. The highest BCUT2D eigenvalue weighted by Gasteiger charge is 2.15. The summed E-state index contributed by atoms with van der Waals surface area (Å²) in [7, 11) is 0. The van der Waals surface area contributed by atoms with E-state index in [0.717, 1.165) is 18.4 Å². The maximum atomic E-state index is 11.3. The quantitative estimate of drug-likeness (QED) is 0.900. The summed E-state index contributed by atoms with van der Waals surface area (Å²) in [6.45, 7) is 2.71. The van der Waals surface area contributed by atoms with Crippen LogP contribution in [0.1, 0.15) is 36.6 Å². The molecule has 20 heavy (non-hydrogen) atoms. The second-order valence-corrected chi connectivity index (χ2v) is 5.24. The highest BCUT2D eigenvalue weighted by Crippen LogP contribution is 2.29. The fraction of sp³-hybridized carbons (Fsp3) is 0.438. The Morgan fingerprint density at radius 2 is 2.20 bits per heavy atom. The first-order chi connectivity index (χ1) is 9.78. The number of alkyl carbamates (subject to hydrolysis) is 1. The van der Waals surface area contributed by atoms with E-state index in [2.05, 4.69) is 28.5 Å². The van der Waals surface area contributed by atoms with E-state index in [9.17, 15) is 4.79 Å². The van der Waals surface area contributed by atoms with Gasteiger partial charge in [0, 0.05) is 23.1 Å². The molecule has 1 aromatic heterocycles. The molecular weight excluding hydrogens is 252 g/mol. The van der Waals surface area contributed by atoms with Gasteiger partial charge in [-0.3, -0.25) is 0 Å². The van der Waals surface area contributed by atoms with Crippen molar-refractivity contribution in [1.29, 1.82) is 0 Å². The lowest BCUT2D eigenvalue weighted by molar-refractivity contribution is 0.151. The predicted octanol–water partition coefficient (Wildman–Crippen LogP) is 3.29. The van der Waals surface area contributed by atoms with E-state index in [-0.39, 0.29) is 6.09 Å². The van der Waals surface area contributed by atoms with E-state index in [1.54, 1.807) is 6.92 Å². The van der Waals surface area contributed by atoms with E-state index in [1.807, 2.05) is 0 Å². The summed E-state index contributed by atoms with van der Waals surface area (Å²) in [5.74, 6) is 0. The smallest absolute Gasteiger partial charge is 0.407 e. The highest BCUT2D eigenvalue weighted by atomic mass is 16.5. The summed E-state index contributed by atoms with van der Waals surface area (Å²) >= 11 is 0. The van der Waals surface area contributed by atoms with E-state index < -0.39 is 0 Å². The molecule has 1 aliphatic rings. The summed E-state index contributed by atoms with van der Waals surface area (Å²) in [4.78, 5) is 14.8. The minimum Gasteiger partial charge on any atom is -0.450 e. The van der Waals surface area contributed by atoms with Gasteiger partial charge in [0.1, 0.15) is 0 Å². The Bertz CT molecular complexity index is 631. The molecule has 0 fully saturated rings. The Labute approximate surface area is 118 Å². The van der Waals surface area contributed by atoms with Crippen molar-refractivity contribution in [1.82, 2.24) is 10.3 Å². The molecule has 0 saturated carbocycles. The molecule has 3 rings (SSSR count). The number of hydrogen-bond donors (Lipinski definition) is 2. The van der Waals surface area contributed by atoms with Crippen molar-refractivity contribution in [3.05, 3.63) is 35.0 Å². The zero-order chi connectivity index (χ0) is 13.9. The molecule has 0 radical (unpaired) electrons. The third-order valence-electron chi connectivity index (χ3n) is 3.87. The topological polar surface area (TPSA) is 54.1 Å². The van der Waals surface area contributed by atoms with Gasteiger partial charge < -0.3 is 15.0 Å². The van der Waals surface area contributed by atoms with Crippen LogP contribution >= 0.6 is 0 Å². The van der Waals surface area contributed by atoms with Crippen LogP contribution in [0.15, 0.2) is 18.2 Å². The summed E-state index contributed by atoms with van der Waals surface area (Å²) < 4.78 is 4.87. The fourth-order valence-electron chi connectivity index (χ4n) is 2.92. The first-order valence-corrected chi connectivity index (χ1v) is 7.31. The zero-order valence-electron chi connectivity index (χ0n) is 11.8. The van der Waals surface area contributed by atoms with Crippen LogP contribution in [0.4, 0.5) is 4.79 Å². The number of aromatic nitrogens is 1. The third-order valence-corrected chi connectivity index (χ3v) is 3.87. The molecule has 0 bridgehead atoms. The van der Waals surface area contributed by atoms with Crippen LogP contribution in [0, 0.1) is 0 Å². The fourth-order valence-corrected chi connectivity index (χ4v) is 2.92. The van der Waals surface area contributed by atoms with Crippen LogP contribution < -0.4 is 5.32 Å². The minimum absolute atomic E-state index is 0.358. The molecule has 0 saturated heterocycles. The SMILES string of the molecule is CCOC(=O)NCc1ccc2[nH]c3c(c2c1)CCCC3. The number of aromatic amines is 1. The molecule has 0 aliphatic heterocycles. The van der Waals surface area contributed by atoms with Crippen LogP contribution in [0.5, 0.6) is 0 Å². The van der Waals surface area contributed by atoms with Gasteiger partial charge in [-0.1, -0.05) is 6.07 Å². The van der Waals surface area contributed by atoms with Crippen molar-refractivity contribution >= 4 is 17.0 Å². The minimum atomic E-state index is -0.358. The number of carbonyl (C=O) groups is 1. The molecule has 2 N–H and O–H groups in total. The highest BCUT2D eigenvalue weighted by molar-refractivity contribution is 5.85. The Morgan fingerprint density at radius 3 is 3.05 bits per heavy atom. The average Bonchev–Trinajstić information content (AvgIpc) is 2.83. The van der Waals surface area contributed by atoms with E-state index >= 15 is 0 Å². The summed E-state index contributed by atoms with van der Waals surface area (Å²) in [6.07, 6.45) is 4.50. The predicted molar refractivity (Wildman–Crippen MR) is 78.8 cm³/mol. The molecule has 4 heteroatoms. The zero-order valence-corrected chi connectivity index (χ0v) is 11.8. The molecule has 1 aromatic carbocycles. The Morgan fingerprint density at radius 1 is 1.35 bits per heavy atom. The normalized spacial score (nSPS) is 14.1. The van der Waals surface area contributed by atoms with Gasteiger partial charge in [-0.25, -0.2) is 4.79 Å². The molecule has 4 nitrogen and oxygen atoms in total. The second-order valence-electron chi connectivity index (χ2n) is 5.24. The standard InChI is InChI=1S/C16H20N2O2/c1-2-20-16(19)17-10-11-7-8-15-13(9-11)12-5-3-4-6-14(12)18-15/h7-9,18H,2-6,10H2,1H3,(H,17,19). The monoisotopic (exact) mass is 272 g/mol. The van der Waals surface area contributed by atoms with Gasteiger partial charge in [-0.2, -0.15) is 0 Å². The first-order valence-electron chi connectivity index (χ1n) is 7.31. The molecule has 1 aliphatic carbocycles. The number of ether oxygens (including phenoxy) is 1. The van der Waals surface area contributed by atoms with Gasteiger partial charge in [0.25, 0.3) is 0 Å². The average molecular weight is 272 g/mol. The summed E-state index contributed by atoms with van der Waals surface area (Å²) in [5, 5.41) is 4.07. The number of fused-ring (bicyclic) bond motifs is 3. The number of H-pyrrole nitrogens is 1. The van der Waals surface area contributed by atoms with Gasteiger partial charge >= 0.3 is 6.09 Å². The Kier molecular flexibility index (Phi) is 3.63. The lowest BCUT2D eigenvalue weighted by Gasteiger charge is -2.10. The van der Waals surface area contributed by atoms with Crippen LogP contribution in [-0.4, -0.2) is 17.7 Å². The number of nitrogens with one attached hydrogen (secondary N) is 2. The molecular formula is C16H20N2O2. The lowest BCUT2D eigenvalue weighted by atomic mass is 9.95. The van der Waals surface area contributed by atoms with Crippen LogP contribution in [0.25, 0.3) is 10.9 Å². The number of rotatable bonds is 3. The van der Waals surface area contributed by atoms with Crippen molar-refractivity contribution < 1.29 is 9.53 Å². The summed E-state index contributed by atoms with van der Waals surface area (Å²) in [5.41, 5.74) is 5.17. The number of aryl methyl sites for hydroxylation is 2. The number of hydrogen-bond acceptors (Lipinski definition) is 2. The first kappa shape index (κ1) is 13.0. The van der Waals surface area contributed by atoms with Crippen LogP contribution in [0.3, 0.4) is 0 Å². The summed E-state index contributed by atoms with van der Waals surface area (Å²) in [6, 6.07) is 6.34. The maximum Gasteiger partial charge on any atom is 0.407 e. The number of carbonyl (C=O) groups excluding carboxylic acids is 1. The molecule has 0 atom stereocenters. The van der Waals surface area contributed by atoms with Gasteiger partial charge in [0.2, 0.25) is 0 Å². The molecule has 0 spiro atoms. The van der Waals surface area contributed by atoms with E-state index in [4.69, 9.17) is 4.74 Å². The maximum absolute atomic E-state index is 11.3. The van der Waals surface area contributed by atoms with Gasteiger partial charge in [0.15, 0.2) is 0 Å². The van der Waals surface area contributed by atoms with E-state index in [0.29, 0.717) is 13.2 Å². The molecule has 106 valence electrons.